The van der Waals surface area contributed by atoms with Gasteiger partial charge in [-0.25, -0.2) is 0 Å². The van der Waals surface area contributed by atoms with Gasteiger partial charge in [-0.15, -0.1) is 0 Å². The van der Waals surface area contributed by atoms with Crippen LogP contribution in [0.2, 0.25) is 0 Å². The van der Waals surface area contributed by atoms with Crippen LogP contribution in [-0.4, -0.2) is 24.1 Å². The molecule has 0 radical (unpaired) electrons. The first-order valence-electron chi connectivity index (χ1n) is 6.99. The molecular formula is C15H21N3OS. The molecule has 0 unspecified atom stereocenters. The maximum absolute atomic E-state index is 11.0. The third-order valence-corrected chi connectivity index (χ3v) is 3.77. The Balaban J connectivity index is 2.10. The molecule has 5 heteroatoms. The fourth-order valence-corrected chi connectivity index (χ4v) is 2.67. The van der Waals surface area contributed by atoms with Crippen molar-refractivity contribution < 1.29 is 4.79 Å². The summed E-state index contributed by atoms with van der Waals surface area (Å²) in [4.78, 5) is 13.4. The molecule has 0 atom stereocenters. The van der Waals surface area contributed by atoms with E-state index in [1.165, 1.54) is 19.8 Å². The largest absolute Gasteiger partial charge is 0.370 e. The van der Waals surface area contributed by atoms with Gasteiger partial charge in [0.2, 0.25) is 5.91 Å². The van der Waals surface area contributed by atoms with Gasteiger partial charge in [0, 0.05) is 20.0 Å². The van der Waals surface area contributed by atoms with Crippen molar-refractivity contribution in [3.05, 3.63) is 24.3 Å². The predicted molar refractivity (Wildman–Crippen MR) is 87.1 cm³/mol. The Morgan fingerprint density at radius 2 is 1.95 bits per heavy atom. The first-order chi connectivity index (χ1) is 9.56. The van der Waals surface area contributed by atoms with Crippen molar-refractivity contribution in [2.24, 2.45) is 5.92 Å². The summed E-state index contributed by atoms with van der Waals surface area (Å²) < 4.78 is 0. The number of hydrogen-bond acceptors (Lipinski definition) is 3. The predicted octanol–water partition coefficient (Wildman–Crippen LogP) is 2.76. The number of nitrogens with zero attached hydrogens (tertiary/aromatic N) is 1. The highest BCUT2D eigenvalue weighted by molar-refractivity contribution is 7.80. The van der Waals surface area contributed by atoms with Crippen molar-refractivity contribution in [3.63, 3.8) is 0 Å². The molecule has 0 aliphatic carbocycles. The molecule has 2 N–H and O–H groups in total. The van der Waals surface area contributed by atoms with Gasteiger partial charge in [-0.05, 0) is 43.1 Å². The number of thiocarbonyl (C=S) groups is 1. The third kappa shape index (κ3) is 3.93. The molecule has 0 bridgehead atoms. The van der Waals surface area contributed by atoms with E-state index in [2.05, 4.69) is 28.5 Å². The molecule has 1 aliphatic heterocycles. The molecule has 4 nitrogen and oxygen atoms in total. The summed E-state index contributed by atoms with van der Waals surface area (Å²) in [5, 5.41) is 6.04. The lowest BCUT2D eigenvalue weighted by atomic mass is 9.98. The first kappa shape index (κ1) is 14.8. The number of amides is 1. The van der Waals surface area contributed by atoms with Crippen LogP contribution in [-0.2, 0) is 4.79 Å². The second kappa shape index (κ2) is 6.70. The summed E-state index contributed by atoms with van der Waals surface area (Å²) in [5.74, 6) is 0.638. The van der Waals surface area contributed by atoms with E-state index in [9.17, 15) is 4.79 Å². The number of benzene rings is 1. The SMILES string of the molecule is CC(=O)NC(=S)Nc1ccccc1N1CCC(C)CC1. The van der Waals surface area contributed by atoms with Gasteiger partial charge in [0.05, 0.1) is 11.4 Å². The number of rotatable bonds is 2. The minimum absolute atomic E-state index is 0.160. The van der Waals surface area contributed by atoms with Crippen LogP contribution in [0.25, 0.3) is 0 Å². The molecule has 1 heterocycles. The number of para-hydroxylation sites is 2. The van der Waals surface area contributed by atoms with Gasteiger partial charge < -0.3 is 15.5 Å². The van der Waals surface area contributed by atoms with Gasteiger partial charge >= 0.3 is 0 Å². The zero-order valence-electron chi connectivity index (χ0n) is 12.0. The van der Waals surface area contributed by atoms with Gasteiger partial charge in [-0.1, -0.05) is 19.1 Å². The number of anilines is 2. The zero-order valence-corrected chi connectivity index (χ0v) is 12.8. The van der Waals surface area contributed by atoms with Gasteiger partial charge in [-0.3, -0.25) is 4.79 Å². The van der Waals surface area contributed by atoms with E-state index in [0.717, 1.165) is 30.4 Å². The van der Waals surface area contributed by atoms with Crippen molar-refractivity contribution in [2.75, 3.05) is 23.3 Å². The molecule has 108 valence electrons. The van der Waals surface area contributed by atoms with Crippen molar-refractivity contribution in [1.82, 2.24) is 5.32 Å². The highest BCUT2D eigenvalue weighted by atomic mass is 32.1. The summed E-state index contributed by atoms with van der Waals surface area (Å²) in [6, 6.07) is 8.07. The zero-order chi connectivity index (χ0) is 14.5. The summed E-state index contributed by atoms with van der Waals surface area (Å²) in [6.07, 6.45) is 2.43. The molecule has 0 spiro atoms. The quantitative estimate of drug-likeness (QED) is 0.822. The third-order valence-electron chi connectivity index (χ3n) is 3.57. The van der Waals surface area contributed by atoms with Crippen LogP contribution < -0.4 is 15.5 Å². The molecule has 1 aromatic rings. The van der Waals surface area contributed by atoms with E-state index in [4.69, 9.17) is 12.2 Å². The molecule has 0 saturated carbocycles. The van der Waals surface area contributed by atoms with Crippen molar-refractivity contribution in [1.29, 1.82) is 0 Å². The van der Waals surface area contributed by atoms with Crippen molar-refractivity contribution >= 4 is 34.6 Å². The monoisotopic (exact) mass is 291 g/mol. The van der Waals surface area contributed by atoms with Crippen LogP contribution in [0.4, 0.5) is 11.4 Å². The lowest BCUT2D eigenvalue weighted by Crippen LogP contribution is -2.35. The summed E-state index contributed by atoms with van der Waals surface area (Å²) in [6.45, 7) is 5.87. The molecule has 1 aromatic carbocycles. The minimum Gasteiger partial charge on any atom is -0.370 e. The molecular weight excluding hydrogens is 270 g/mol. The Morgan fingerprint density at radius 1 is 1.30 bits per heavy atom. The average molecular weight is 291 g/mol. The summed E-state index contributed by atoms with van der Waals surface area (Å²) in [5.41, 5.74) is 2.09. The number of carbonyl (C=O) groups excluding carboxylic acids is 1. The van der Waals surface area contributed by atoms with Crippen LogP contribution in [0.3, 0.4) is 0 Å². The molecule has 1 amide bonds. The standard InChI is InChI=1S/C15H21N3OS/c1-11-7-9-18(10-8-11)14-6-4-3-5-13(14)17-15(20)16-12(2)19/h3-6,11H,7-10H2,1-2H3,(H2,16,17,19,20). The molecule has 1 fully saturated rings. The Labute approximate surface area is 125 Å². The molecule has 20 heavy (non-hydrogen) atoms. The summed E-state index contributed by atoms with van der Waals surface area (Å²) >= 11 is 5.13. The fraction of sp³-hybridized carbons (Fsp3) is 0.467. The summed E-state index contributed by atoms with van der Waals surface area (Å²) in [7, 11) is 0. The Morgan fingerprint density at radius 3 is 2.60 bits per heavy atom. The van der Waals surface area contributed by atoms with Gasteiger partial charge in [-0.2, -0.15) is 0 Å². The normalized spacial score (nSPS) is 15.8. The van der Waals surface area contributed by atoms with Gasteiger partial charge in [0.15, 0.2) is 5.11 Å². The van der Waals surface area contributed by atoms with Crippen molar-refractivity contribution in [3.8, 4) is 0 Å². The first-order valence-corrected chi connectivity index (χ1v) is 7.39. The van der Waals surface area contributed by atoms with Crippen molar-refractivity contribution in [2.45, 2.75) is 26.7 Å². The van der Waals surface area contributed by atoms with Gasteiger partial charge in [0.1, 0.15) is 0 Å². The number of hydrogen-bond donors (Lipinski definition) is 2. The van der Waals surface area contributed by atoms with Crippen LogP contribution in [0.1, 0.15) is 26.7 Å². The number of nitrogens with one attached hydrogen (secondary N) is 2. The number of carbonyl (C=O) groups is 1. The second-order valence-electron chi connectivity index (χ2n) is 5.32. The maximum Gasteiger partial charge on any atom is 0.222 e. The van der Waals surface area contributed by atoms with Crippen LogP contribution in [0.5, 0.6) is 0 Å². The molecule has 1 aliphatic rings. The highest BCUT2D eigenvalue weighted by Gasteiger charge is 2.18. The lowest BCUT2D eigenvalue weighted by molar-refractivity contribution is -0.117. The second-order valence-corrected chi connectivity index (χ2v) is 5.73. The smallest absolute Gasteiger partial charge is 0.222 e. The highest BCUT2D eigenvalue weighted by Crippen LogP contribution is 2.29. The molecule has 2 rings (SSSR count). The average Bonchev–Trinajstić information content (AvgIpc) is 2.39. The van der Waals surface area contributed by atoms with E-state index in [-0.39, 0.29) is 5.91 Å². The Kier molecular flexibility index (Phi) is 4.95. The maximum atomic E-state index is 11.0. The Bertz CT molecular complexity index is 496. The van der Waals surface area contributed by atoms with Crippen LogP contribution in [0, 0.1) is 5.92 Å². The fourth-order valence-electron chi connectivity index (χ4n) is 2.42. The molecule has 0 aromatic heterocycles. The van der Waals surface area contributed by atoms with E-state index in [1.54, 1.807) is 0 Å². The van der Waals surface area contributed by atoms with Gasteiger partial charge in [0.25, 0.3) is 0 Å². The number of piperidine rings is 1. The van der Waals surface area contributed by atoms with Crippen LogP contribution in [0.15, 0.2) is 24.3 Å². The van der Waals surface area contributed by atoms with Crippen LogP contribution >= 0.6 is 12.2 Å². The van der Waals surface area contributed by atoms with E-state index >= 15 is 0 Å². The molecule has 1 saturated heterocycles. The minimum atomic E-state index is -0.160. The van der Waals surface area contributed by atoms with E-state index in [0.29, 0.717) is 5.11 Å². The topological polar surface area (TPSA) is 44.4 Å². The lowest BCUT2D eigenvalue weighted by Gasteiger charge is -2.33. The van der Waals surface area contributed by atoms with E-state index in [1.807, 2.05) is 18.2 Å². The Hall–Kier alpha value is -1.62. The van der Waals surface area contributed by atoms with E-state index < -0.39 is 0 Å².